The predicted octanol–water partition coefficient (Wildman–Crippen LogP) is 2.69. The van der Waals surface area contributed by atoms with Crippen molar-refractivity contribution in [2.24, 2.45) is 0 Å². The molecule has 1 aromatic carbocycles. The minimum absolute atomic E-state index is 0.163. The number of anilines is 1. The summed E-state index contributed by atoms with van der Waals surface area (Å²) in [6, 6.07) is 11.8. The molecule has 112 valence electrons. The summed E-state index contributed by atoms with van der Waals surface area (Å²) in [6.45, 7) is 2.16. The third-order valence-electron chi connectivity index (χ3n) is 3.39. The number of rotatable bonds is 4. The van der Waals surface area contributed by atoms with Crippen molar-refractivity contribution in [2.45, 2.75) is 13.3 Å². The minimum atomic E-state index is -0.276. The molecule has 0 atom stereocenters. The molecule has 5 heteroatoms. The first kappa shape index (κ1) is 14.1. The third kappa shape index (κ3) is 2.79. The molecule has 0 fully saturated rings. The minimum Gasteiger partial charge on any atom is -0.466 e. The van der Waals surface area contributed by atoms with Crippen LogP contribution in [0.5, 0.6) is 0 Å². The summed E-state index contributed by atoms with van der Waals surface area (Å²) >= 11 is 0. The molecule has 22 heavy (non-hydrogen) atoms. The van der Waals surface area contributed by atoms with Crippen molar-refractivity contribution in [3.8, 4) is 11.1 Å². The van der Waals surface area contributed by atoms with Gasteiger partial charge in [0.25, 0.3) is 0 Å². The lowest BCUT2D eigenvalue weighted by molar-refractivity contribution is -0.142. The Labute approximate surface area is 128 Å². The number of carbonyl (C=O) groups excluding carboxylic acids is 1. The SMILES string of the molecule is CCOC(=O)Cc1cn2cc(N)c(-c3ccccc3)cc2n1. The van der Waals surface area contributed by atoms with Crippen molar-refractivity contribution in [3.05, 3.63) is 54.5 Å². The Morgan fingerprint density at radius 2 is 2.05 bits per heavy atom. The normalized spacial score (nSPS) is 10.8. The van der Waals surface area contributed by atoms with E-state index in [2.05, 4.69) is 4.98 Å². The van der Waals surface area contributed by atoms with Crippen LogP contribution in [-0.2, 0) is 16.0 Å². The monoisotopic (exact) mass is 295 g/mol. The number of hydrogen-bond donors (Lipinski definition) is 1. The van der Waals surface area contributed by atoms with Gasteiger partial charge in [-0.15, -0.1) is 0 Å². The first-order valence-electron chi connectivity index (χ1n) is 7.15. The van der Waals surface area contributed by atoms with E-state index in [-0.39, 0.29) is 12.4 Å². The molecule has 2 aromatic heterocycles. The zero-order chi connectivity index (χ0) is 15.5. The first-order valence-corrected chi connectivity index (χ1v) is 7.15. The van der Waals surface area contributed by atoms with E-state index in [0.29, 0.717) is 18.0 Å². The highest BCUT2D eigenvalue weighted by Crippen LogP contribution is 2.27. The number of carbonyl (C=O) groups is 1. The van der Waals surface area contributed by atoms with E-state index in [9.17, 15) is 4.79 Å². The largest absolute Gasteiger partial charge is 0.466 e. The molecule has 0 spiro atoms. The molecule has 0 unspecified atom stereocenters. The maximum atomic E-state index is 11.5. The van der Waals surface area contributed by atoms with Gasteiger partial charge < -0.3 is 14.9 Å². The molecule has 0 saturated carbocycles. The van der Waals surface area contributed by atoms with Gasteiger partial charge in [0.1, 0.15) is 5.65 Å². The van der Waals surface area contributed by atoms with Crippen LogP contribution < -0.4 is 5.73 Å². The molecule has 0 aliphatic rings. The van der Waals surface area contributed by atoms with Crippen LogP contribution in [0.4, 0.5) is 5.69 Å². The van der Waals surface area contributed by atoms with Gasteiger partial charge in [0.05, 0.1) is 24.4 Å². The van der Waals surface area contributed by atoms with Gasteiger partial charge >= 0.3 is 5.97 Å². The number of hydrogen-bond acceptors (Lipinski definition) is 4. The van der Waals surface area contributed by atoms with Crippen LogP contribution in [0.1, 0.15) is 12.6 Å². The number of esters is 1. The fourth-order valence-electron chi connectivity index (χ4n) is 2.42. The summed E-state index contributed by atoms with van der Waals surface area (Å²) in [4.78, 5) is 16.0. The van der Waals surface area contributed by atoms with Gasteiger partial charge in [-0.2, -0.15) is 0 Å². The van der Waals surface area contributed by atoms with Crippen molar-refractivity contribution in [3.63, 3.8) is 0 Å². The fourth-order valence-corrected chi connectivity index (χ4v) is 2.42. The smallest absolute Gasteiger partial charge is 0.311 e. The van der Waals surface area contributed by atoms with Gasteiger partial charge in [0.15, 0.2) is 0 Å². The summed E-state index contributed by atoms with van der Waals surface area (Å²) in [5.74, 6) is -0.276. The van der Waals surface area contributed by atoms with E-state index in [1.165, 1.54) is 0 Å². The maximum Gasteiger partial charge on any atom is 0.311 e. The summed E-state index contributed by atoms with van der Waals surface area (Å²) in [5, 5.41) is 0. The Bertz CT molecular complexity index is 809. The number of aromatic nitrogens is 2. The quantitative estimate of drug-likeness (QED) is 0.751. The van der Waals surface area contributed by atoms with E-state index in [1.807, 2.05) is 47.0 Å². The van der Waals surface area contributed by atoms with Gasteiger partial charge in [-0.25, -0.2) is 4.98 Å². The number of nitrogens with two attached hydrogens (primary N) is 1. The second-order valence-corrected chi connectivity index (χ2v) is 4.99. The van der Waals surface area contributed by atoms with Crippen molar-refractivity contribution in [2.75, 3.05) is 12.3 Å². The molecule has 3 aromatic rings. The summed E-state index contributed by atoms with van der Waals surface area (Å²) in [6.07, 6.45) is 3.78. The lowest BCUT2D eigenvalue weighted by Crippen LogP contribution is -2.07. The van der Waals surface area contributed by atoms with Crippen LogP contribution in [0.15, 0.2) is 48.8 Å². The van der Waals surface area contributed by atoms with Crippen LogP contribution in [-0.4, -0.2) is 22.0 Å². The van der Waals surface area contributed by atoms with Gasteiger partial charge in [0, 0.05) is 18.0 Å². The van der Waals surface area contributed by atoms with Crippen LogP contribution in [0.25, 0.3) is 16.8 Å². The Hall–Kier alpha value is -2.82. The maximum absolute atomic E-state index is 11.5. The Morgan fingerprint density at radius 3 is 2.77 bits per heavy atom. The number of nitrogen functional groups attached to an aromatic ring is 1. The second-order valence-electron chi connectivity index (χ2n) is 4.99. The average Bonchev–Trinajstić information content (AvgIpc) is 2.88. The van der Waals surface area contributed by atoms with Crippen LogP contribution >= 0.6 is 0 Å². The number of fused-ring (bicyclic) bond motifs is 1. The Morgan fingerprint density at radius 1 is 1.27 bits per heavy atom. The molecule has 5 nitrogen and oxygen atoms in total. The molecule has 0 aliphatic carbocycles. The van der Waals surface area contributed by atoms with Crippen LogP contribution in [0.2, 0.25) is 0 Å². The topological polar surface area (TPSA) is 69.6 Å². The standard InChI is InChI=1S/C17H17N3O2/c1-2-22-17(21)8-13-10-20-11-15(18)14(9-16(20)19-13)12-6-4-3-5-7-12/h3-7,9-11H,2,8,18H2,1H3. The number of ether oxygens (including phenoxy) is 1. The lowest BCUT2D eigenvalue weighted by atomic mass is 10.1. The zero-order valence-electron chi connectivity index (χ0n) is 12.3. The molecule has 2 N–H and O–H groups in total. The zero-order valence-corrected chi connectivity index (χ0v) is 12.3. The lowest BCUT2D eigenvalue weighted by Gasteiger charge is -2.06. The van der Waals surface area contributed by atoms with E-state index in [4.69, 9.17) is 10.5 Å². The highest BCUT2D eigenvalue weighted by atomic mass is 16.5. The Balaban J connectivity index is 1.98. The molecule has 2 heterocycles. The van der Waals surface area contributed by atoms with Gasteiger partial charge in [-0.05, 0) is 18.6 Å². The molecule has 0 aliphatic heterocycles. The molecule has 0 bridgehead atoms. The average molecular weight is 295 g/mol. The molecule has 0 amide bonds. The first-order chi connectivity index (χ1) is 10.7. The summed E-state index contributed by atoms with van der Waals surface area (Å²) < 4.78 is 6.78. The number of nitrogens with zero attached hydrogens (tertiary/aromatic N) is 2. The molecular weight excluding hydrogens is 278 g/mol. The summed E-state index contributed by atoms with van der Waals surface area (Å²) in [7, 11) is 0. The summed E-state index contributed by atoms with van der Waals surface area (Å²) in [5.41, 5.74) is 10.2. The van der Waals surface area contributed by atoms with Crippen molar-refractivity contribution in [1.82, 2.24) is 9.38 Å². The van der Waals surface area contributed by atoms with E-state index < -0.39 is 0 Å². The van der Waals surface area contributed by atoms with Crippen LogP contribution in [0.3, 0.4) is 0 Å². The molecule has 0 saturated heterocycles. The van der Waals surface area contributed by atoms with Crippen molar-refractivity contribution >= 4 is 17.3 Å². The van der Waals surface area contributed by atoms with Crippen LogP contribution in [0, 0.1) is 0 Å². The predicted molar refractivity (Wildman–Crippen MR) is 85.4 cm³/mol. The molecule has 3 rings (SSSR count). The number of benzene rings is 1. The molecule has 0 radical (unpaired) electrons. The second kappa shape index (κ2) is 5.89. The van der Waals surface area contributed by atoms with Gasteiger partial charge in [0.2, 0.25) is 0 Å². The molecular formula is C17H17N3O2. The highest BCUT2D eigenvalue weighted by molar-refractivity contribution is 5.79. The van der Waals surface area contributed by atoms with Crippen molar-refractivity contribution < 1.29 is 9.53 Å². The number of imidazole rings is 1. The third-order valence-corrected chi connectivity index (χ3v) is 3.39. The fraction of sp³-hybridized carbons (Fsp3) is 0.176. The highest BCUT2D eigenvalue weighted by Gasteiger charge is 2.11. The van der Waals surface area contributed by atoms with Crippen molar-refractivity contribution in [1.29, 1.82) is 0 Å². The van der Waals surface area contributed by atoms with Gasteiger partial charge in [-0.1, -0.05) is 30.3 Å². The van der Waals surface area contributed by atoms with Gasteiger partial charge in [-0.3, -0.25) is 4.79 Å². The van der Waals surface area contributed by atoms with E-state index >= 15 is 0 Å². The Kier molecular flexibility index (Phi) is 3.78. The van der Waals surface area contributed by atoms with E-state index in [0.717, 1.165) is 16.8 Å². The number of pyridine rings is 1. The van der Waals surface area contributed by atoms with E-state index in [1.54, 1.807) is 13.1 Å².